The molecule has 1 aromatic carbocycles. The number of rotatable bonds is 3. The van der Waals surface area contributed by atoms with Crippen LogP contribution in [-0.2, 0) is 6.42 Å². The van der Waals surface area contributed by atoms with Gasteiger partial charge in [0.1, 0.15) is 6.10 Å². The van der Waals surface area contributed by atoms with E-state index in [1.807, 2.05) is 6.92 Å². The zero-order chi connectivity index (χ0) is 19.9. The van der Waals surface area contributed by atoms with Crippen LogP contribution in [-0.4, -0.2) is 15.2 Å². The van der Waals surface area contributed by atoms with Crippen LogP contribution in [0.15, 0.2) is 24.3 Å². The monoisotopic (exact) mass is 364 g/mol. The molecule has 0 saturated carbocycles. The molecule has 1 aliphatic carbocycles. The molecule has 1 aliphatic rings. The molecule has 0 bridgehead atoms. The van der Waals surface area contributed by atoms with Crippen LogP contribution >= 0.6 is 0 Å². The Balaban J connectivity index is 2.17. The van der Waals surface area contributed by atoms with Crippen LogP contribution < -0.4 is 0 Å². The number of aliphatic hydroxyl groups excluding tert-OH is 2. The summed E-state index contributed by atoms with van der Waals surface area (Å²) in [4.78, 5) is 4.93. The van der Waals surface area contributed by atoms with Gasteiger partial charge in [-0.15, -0.1) is 0 Å². The Labute approximate surface area is 161 Å². The third-order valence-electron chi connectivity index (χ3n) is 5.55. The number of pyridine rings is 1. The number of aromatic nitrogens is 1. The molecule has 0 spiro atoms. The first-order chi connectivity index (χ1) is 12.6. The first-order valence-corrected chi connectivity index (χ1v) is 9.54. The number of hydrogen-bond acceptors (Lipinski definition) is 4. The fraction of sp³-hybridized carbons (Fsp3) is 0.478. The molecule has 2 aromatic rings. The molecule has 0 aliphatic heterocycles. The maximum absolute atomic E-state index is 11.2. The Hall–Kier alpha value is -2.22. The lowest BCUT2D eigenvalue weighted by Crippen LogP contribution is -2.29. The normalized spacial score (nSPS) is 19.4. The Bertz CT molecular complexity index is 892. The number of nitrogens with zero attached hydrogens (tertiary/aromatic N) is 2. The summed E-state index contributed by atoms with van der Waals surface area (Å²) in [7, 11) is 0. The van der Waals surface area contributed by atoms with Crippen molar-refractivity contribution >= 4 is 0 Å². The Morgan fingerprint density at radius 1 is 1.22 bits per heavy atom. The molecule has 142 valence electrons. The van der Waals surface area contributed by atoms with Crippen LogP contribution in [0.5, 0.6) is 0 Å². The van der Waals surface area contributed by atoms with Gasteiger partial charge in [0.15, 0.2) is 0 Å². The quantitative estimate of drug-likeness (QED) is 0.842. The van der Waals surface area contributed by atoms with Gasteiger partial charge in [-0.05, 0) is 54.4 Å². The first kappa shape index (κ1) is 19.5. The second-order valence-electron chi connectivity index (χ2n) is 8.75. The zero-order valence-corrected chi connectivity index (χ0v) is 16.7. The summed E-state index contributed by atoms with van der Waals surface area (Å²) in [5.41, 5.74) is 5.73. The predicted octanol–water partition coefficient (Wildman–Crippen LogP) is 4.47. The standard InChI is InChI=1S/C23H28N2O2/c1-13(2)21-20(22(27)16-8-6-15(12-24)7-9-16)14(3)19-17(25-21)10-23(4,5)11-18(19)26/h6-9,13,18,22,26-27H,10-11H2,1-5H3/t18-,22?/m0/s1. The largest absolute Gasteiger partial charge is 0.388 e. The summed E-state index contributed by atoms with van der Waals surface area (Å²) in [6, 6.07) is 9.10. The molecular formula is C23H28N2O2. The van der Waals surface area contributed by atoms with Gasteiger partial charge in [0, 0.05) is 22.5 Å². The summed E-state index contributed by atoms with van der Waals surface area (Å²) in [5.74, 6) is 0.152. The molecule has 0 fully saturated rings. The minimum Gasteiger partial charge on any atom is -0.388 e. The predicted molar refractivity (Wildman–Crippen MR) is 105 cm³/mol. The maximum Gasteiger partial charge on any atom is 0.106 e. The molecule has 0 radical (unpaired) electrons. The highest BCUT2D eigenvalue weighted by atomic mass is 16.3. The van der Waals surface area contributed by atoms with Crippen molar-refractivity contribution in [2.45, 2.75) is 65.6 Å². The number of benzene rings is 1. The van der Waals surface area contributed by atoms with Crippen molar-refractivity contribution in [1.29, 1.82) is 5.26 Å². The van der Waals surface area contributed by atoms with Crippen LogP contribution in [0.25, 0.3) is 0 Å². The minimum atomic E-state index is -0.838. The lowest BCUT2D eigenvalue weighted by molar-refractivity contribution is 0.0968. The van der Waals surface area contributed by atoms with E-state index in [9.17, 15) is 10.2 Å². The molecular weight excluding hydrogens is 336 g/mol. The van der Waals surface area contributed by atoms with Crippen molar-refractivity contribution in [3.05, 3.63) is 63.5 Å². The Morgan fingerprint density at radius 3 is 2.41 bits per heavy atom. The highest BCUT2D eigenvalue weighted by Crippen LogP contribution is 2.44. The first-order valence-electron chi connectivity index (χ1n) is 9.54. The number of fused-ring (bicyclic) bond motifs is 1. The Morgan fingerprint density at radius 2 is 1.85 bits per heavy atom. The number of nitriles is 1. The van der Waals surface area contributed by atoms with Gasteiger partial charge in [-0.2, -0.15) is 5.26 Å². The molecule has 2 N–H and O–H groups in total. The van der Waals surface area contributed by atoms with E-state index >= 15 is 0 Å². The van der Waals surface area contributed by atoms with Crippen LogP contribution in [0.2, 0.25) is 0 Å². The van der Waals surface area contributed by atoms with Crippen molar-refractivity contribution in [2.24, 2.45) is 5.41 Å². The Kier molecular flexibility index (Phi) is 5.12. The summed E-state index contributed by atoms with van der Waals surface area (Å²) >= 11 is 0. The number of aliphatic hydroxyl groups is 2. The van der Waals surface area contributed by atoms with Crippen molar-refractivity contribution in [3.63, 3.8) is 0 Å². The van der Waals surface area contributed by atoms with E-state index < -0.39 is 12.2 Å². The van der Waals surface area contributed by atoms with E-state index in [2.05, 4.69) is 33.8 Å². The van der Waals surface area contributed by atoms with Crippen molar-refractivity contribution in [3.8, 4) is 6.07 Å². The molecule has 0 saturated heterocycles. The average molecular weight is 364 g/mol. The van der Waals surface area contributed by atoms with E-state index in [0.717, 1.165) is 40.1 Å². The summed E-state index contributed by atoms with van der Waals surface area (Å²) in [5, 5.41) is 30.9. The van der Waals surface area contributed by atoms with Gasteiger partial charge in [0.05, 0.1) is 17.7 Å². The molecule has 0 amide bonds. The summed E-state index contributed by atoms with van der Waals surface area (Å²) in [6.07, 6.45) is 0.114. The summed E-state index contributed by atoms with van der Waals surface area (Å²) < 4.78 is 0. The van der Waals surface area contributed by atoms with E-state index in [-0.39, 0.29) is 11.3 Å². The van der Waals surface area contributed by atoms with E-state index in [1.54, 1.807) is 24.3 Å². The van der Waals surface area contributed by atoms with E-state index in [4.69, 9.17) is 10.2 Å². The lowest BCUT2D eigenvalue weighted by atomic mass is 9.72. The van der Waals surface area contributed by atoms with Gasteiger partial charge >= 0.3 is 0 Å². The maximum atomic E-state index is 11.2. The average Bonchev–Trinajstić information content (AvgIpc) is 2.59. The van der Waals surface area contributed by atoms with Gasteiger partial charge in [-0.25, -0.2) is 0 Å². The van der Waals surface area contributed by atoms with Gasteiger partial charge < -0.3 is 10.2 Å². The fourth-order valence-corrected chi connectivity index (χ4v) is 4.24. The third-order valence-corrected chi connectivity index (χ3v) is 5.55. The van der Waals surface area contributed by atoms with E-state index in [1.165, 1.54) is 0 Å². The van der Waals surface area contributed by atoms with Crippen molar-refractivity contribution in [2.75, 3.05) is 0 Å². The molecule has 1 unspecified atom stereocenters. The highest BCUT2D eigenvalue weighted by Gasteiger charge is 2.36. The van der Waals surface area contributed by atoms with E-state index in [0.29, 0.717) is 12.0 Å². The zero-order valence-electron chi connectivity index (χ0n) is 16.7. The highest BCUT2D eigenvalue weighted by molar-refractivity contribution is 5.48. The molecule has 1 heterocycles. The van der Waals surface area contributed by atoms with Crippen LogP contribution in [0.4, 0.5) is 0 Å². The van der Waals surface area contributed by atoms with Crippen molar-refractivity contribution in [1.82, 2.24) is 4.98 Å². The second-order valence-corrected chi connectivity index (χ2v) is 8.75. The topological polar surface area (TPSA) is 77.1 Å². The van der Waals surface area contributed by atoms with Crippen LogP contribution in [0.1, 0.15) is 91.4 Å². The SMILES string of the molecule is Cc1c(C(O)c2ccc(C#N)cc2)c(C(C)C)nc2c1[C@@H](O)CC(C)(C)C2. The second kappa shape index (κ2) is 7.07. The smallest absolute Gasteiger partial charge is 0.106 e. The van der Waals surface area contributed by atoms with Gasteiger partial charge in [0.25, 0.3) is 0 Å². The molecule has 4 nitrogen and oxygen atoms in total. The molecule has 27 heavy (non-hydrogen) atoms. The molecule has 1 aromatic heterocycles. The van der Waals surface area contributed by atoms with Crippen LogP contribution in [0.3, 0.4) is 0 Å². The minimum absolute atomic E-state index is 0.00731. The van der Waals surface area contributed by atoms with Gasteiger partial charge in [-0.1, -0.05) is 39.8 Å². The van der Waals surface area contributed by atoms with Gasteiger partial charge in [-0.3, -0.25) is 4.98 Å². The molecule has 2 atom stereocenters. The fourth-order valence-electron chi connectivity index (χ4n) is 4.24. The third kappa shape index (κ3) is 3.63. The molecule has 4 heteroatoms. The van der Waals surface area contributed by atoms with Crippen LogP contribution in [0, 0.1) is 23.7 Å². The lowest BCUT2D eigenvalue weighted by Gasteiger charge is -2.36. The summed E-state index contributed by atoms with van der Waals surface area (Å²) in [6.45, 7) is 10.5. The van der Waals surface area contributed by atoms with Crippen molar-refractivity contribution < 1.29 is 10.2 Å². The molecule has 3 rings (SSSR count). The van der Waals surface area contributed by atoms with Gasteiger partial charge in [0.2, 0.25) is 0 Å². The number of hydrogen-bond donors (Lipinski definition) is 2.